The van der Waals surface area contributed by atoms with Gasteiger partial charge in [0.25, 0.3) is 0 Å². The fourth-order valence-corrected chi connectivity index (χ4v) is 2.04. The van der Waals surface area contributed by atoms with Crippen molar-refractivity contribution in [2.45, 2.75) is 11.0 Å². The third kappa shape index (κ3) is 4.52. The number of aliphatic hydroxyl groups is 1. The van der Waals surface area contributed by atoms with Crippen LogP contribution in [0.15, 0.2) is 29.2 Å². The van der Waals surface area contributed by atoms with Gasteiger partial charge in [-0.2, -0.15) is 0 Å². The molecule has 0 heterocycles. The molecular formula is C10H15NO3S2. The van der Waals surface area contributed by atoms with Crippen LogP contribution in [0.25, 0.3) is 0 Å². The van der Waals surface area contributed by atoms with E-state index in [1.54, 1.807) is 23.9 Å². The Hall–Kier alpha value is -0.560. The van der Waals surface area contributed by atoms with E-state index in [9.17, 15) is 13.5 Å². The Bertz CT molecular complexity index is 428. The molecule has 1 rings (SSSR count). The minimum absolute atomic E-state index is 0.00253. The van der Waals surface area contributed by atoms with Crippen molar-refractivity contribution in [2.24, 2.45) is 0 Å². The van der Waals surface area contributed by atoms with E-state index in [2.05, 4.69) is 4.72 Å². The Kier molecular flexibility index (Phi) is 4.79. The fourth-order valence-electron chi connectivity index (χ4n) is 1.17. The van der Waals surface area contributed by atoms with Gasteiger partial charge in [0.1, 0.15) is 0 Å². The normalized spacial score (nSPS) is 13.7. The van der Waals surface area contributed by atoms with Crippen LogP contribution in [0.1, 0.15) is 11.7 Å². The predicted octanol–water partition coefficient (Wildman–Crippen LogP) is 0.991. The Morgan fingerprint density at radius 2 is 1.94 bits per heavy atom. The third-order valence-corrected chi connectivity index (χ3v) is 3.47. The smallest absolute Gasteiger partial charge is 0.208 e. The average molecular weight is 261 g/mol. The Balaban J connectivity index is 2.62. The lowest BCUT2D eigenvalue weighted by molar-refractivity contribution is 0.182. The average Bonchev–Trinajstić information content (AvgIpc) is 2.25. The summed E-state index contributed by atoms with van der Waals surface area (Å²) in [7, 11) is -3.25. The first-order valence-corrected chi connectivity index (χ1v) is 7.80. The quantitative estimate of drug-likeness (QED) is 0.776. The van der Waals surface area contributed by atoms with Gasteiger partial charge >= 0.3 is 0 Å². The molecule has 16 heavy (non-hydrogen) atoms. The number of nitrogens with one attached hydrogen (secondary N) is 1. The zero-order valence-corrected chi connectivity index (χ0v) is 10.8. The maximum absolute atomic E-state index is 10.8. The molecule has 1 aromatic rings. The zero-order chi connectivity index (χ0) is 12.2. The molecule has 0 aliphatic heterocycles. The summed E-state index contributed by atoms with van der Waals surface area (Å²) < 4.78 is 23.9. The summed E-state index contributed by atoms with van der Waals surface area (Å²) in [5, 5.41) is 9.71. The van der Waals surface area contributed by atoms with E-state index < -0.39 is 16.1 Å². The molecular weight excluding hydrogens is 246 g/mol. The number of sulfonamides is 1. The molecule has 0 aromatic heterocycles. The molecule has 6 heteroatoms. The molecule has 0 radical (unpaired) electrons. The number of hydrogen-bond acceptors (Lipinski definition) is 4. The highest BCUT2D eigenvalue weighted by atomic mass is 32.2. The van der Waals surface area contributed by atoms with Crippen molar-refractivity contribution in [1.29, 1.82) is 0 Å². The molecule has 0 bridgehead atoms. The van der Waals surface area contributed by atoms with Crippen LogP contribution >= 0.6 is 11.8 Å². The van der Waals surface area contributed by atoms with Crippen molar-refractivity contribution in [3.8, 4) is 0 Å². The summed E-state index contributed by atoms with van der Waals surface area (Å²) >= 11 is 1.61. The highest BCUT2D eigenvalue weighted by Crippen LogP contribution is 2.18. The molecule has 4 nitrogen and oxygen atoms in total. The van der Waals surface area contributed by atoms with Gasteiger partial charge in [0, 0.05) is 11.4 Å². The van der Waals surface area contributed by atoms with Crippen molar-refractivity contribution in [2.75, 3.05) is 19.1 Å². The number of thioether (sulfide) groups is 1. The molecule has 0 saturated carbocycles. The molecule has 0 spiro atoms. The van der Waals surface area contributed by atoms with E-state index in [4.69, 9.17) is 0 Å². The van der Waals surface area contributed by atoms with Crippen molar-refractivity contribution < 1.29 is 13.5 Å². The van der Waals surface area contributed by atoms with Gasteiger partial charge in [0.15, 0.2) is 0 Å². The first kappa shape index (κ1) is 13.5. The van der Waals surface area contributed by atoms with E-state index in [1.807, 2.05) is 18.4 Å². The molecule has 0 amide bonds. The number of hydrogen-bond donors (Lipinski definition) is 2. The second-order valence-electron chi connectivity index (χ2n) is 3.41. The van der Waals surface area contributed by atoms with Crippen molar-refractivity contribution in [1.82, 2.24) is 4.72 Å². The van der Waals surface area contributed by atoms with Gasteiger partial charge < -0.3 is 5.11 Å². The van der Waals surface area contributed by atoms with Gasteiger partial charge in [-0.15, -0.1) is 11.8 Å². The highest BCUT2D eigenvalue weighted by molar-refractivity contribution is 7.98. The molecule has 0 aliphatic carbocycles. The van der Waals surface area contributed by atoms with Crippen LogP contribution < -0.4 is 4.72 Å². The number of aliphatic hydroxyl groups excluding tert-OH is 1. The van der Waals surface area contributed by atoms with E-state index in [0.29, 0.717) is 5.56 Å². The Morgan fingerprint density at radius 1 is 1.38 bits per heavy atom. The summed E-state index contributed by atoms with van der Waals surface area (Å²) in [5.41, 5.74) is 0.703. The van der Waals surface area contributed by atoms with Crippen molar-refractivity contribution in [3.05, 3.63) is 29.8 Å². The fraction of sp³-hybridized carbons (Fsp3) is 0.400. The van der Waals surface area contributed by atoms with Gasteiger partial charge in [-0.1, -0.05) is 12.1 Å². The van der Waals surface area contributed by atoms with Crippen LogP contribution in [0.4, 0.5) is 0 Å². The predicted molar refractivity (Wildman–Crippen MR) is 66.0 cm³/mol. The minimum Gasteiger partial charge on any atom is -0.387 e. The number of benzene rings is 1. The van der Waals surface area contributed by atoms with Gasteiger partial charge in [0.05, 0.1) is 12.4 Å². The topological polar surface area (TPSA) is 66.4 Å². The SMILES string of the molecule is CSc1ccc(C(O)CNS(C)(=O)=O)cc1. The molecule has 1 unspecified atom stereocenters. The molecule has 90 valence electrons. The molecule has 2 N–H and O–H groups in total. The lowest BCUT2D eigenvalue weighted by Gasteiger charge is -2.11. The maximum atomic E-state index is 10.8. The second-order valence-corrected chi connectivity index (χ2v) is 6.12. The zero-order valence-electron chi connectivity index (χ0n) is 9.17. The number of rotatable bonds is 5. The molecule has 0 aliphatic rings. The van der Waals surface area contributed by atoms with E-state index in [0.717, 1.165) is 11.2 Å². The minimum atomic E-state index is -3.25. The molecule has 1 aromatic carbocycles. The second kappa shape index (κ2) is 5.67. The van der Waals surface area contributed by atoms with Crippen LogP contribution in [0.5, 0.6) is 0 Å². The van der Waals surface area contributed by atoms with E-state index in [1.165, 1.54) is 0 Å². The van der Waals surface area contributed by atoms with Crippen molar-refractivity contribution >= 4 is 21.8 Å². The molecule has 1 atom stereocenters. The third-order valence-electron chi connectivity index (χ3n) is 2.04. The monoisotopic (exact) mass is 261 g/mol. The van der Waals surface area contributed by atoms with Crippen LogP contribution in [-0.4, -0.2) is 32.6 Å². The van der Waals surface area contributed by atoms with E-state index >= 15 is 0 Å². The Labute approximate surface area is 100 Å². The van der Waals surface area contributed by atoms with Gasteiger partial charge in [-0.3, -0.25) is 0 Å². The van der Waals surface area contributed by atoms with Crippen LogP contribution in [0.2, 0.25) is 0 Å². The summed E-state index contributed by atoms with van der Waals surface area (Å²) in [6, 6.07) is 7.37. The standard InChI is InChI=1S/C10H15NO3S2/c1-15-9-5-3-8(4-6-9)10(12)7-11-16(2,13)14/h3-6,10-12H,7H2,1-2H3. The van der Waals surface area contributed by atoms with Gasteiger partial charge in [0.2, 0.25) is 10.0 Å². The van der Waals surface area contributed by atoms with E-state index in [-0.39, 0.29) is 6.54 Å². The summed E-state index contributed by atoms with van der Waals surface area (Å²) in [6.45, 7) is -0.00253. The first-order valence-electron chi connectivity index (χ1n) is 4.69. The lowest BCUT2D eigenvalue weighted by atomic mass is 10.1. The maximum Gasteiger partial charge on any atom is 0.208 e. The molecule has 0 fully saturated rings. The largest absolute Gasteiger partial charge is 0.387 e. The van der Waals surface area contributed by atoms with Crippen LogP contribution in [0, 0.1) is 0 Å². The van der Waals surface area contributed by atoms with Gasteiger partial charge in [-0.05, 0) is 24.0 Å². The van der Waals surface area contributed by atoms with Crippen LogP contribution in [-0.2, 0) is 10.0 Å². The van der Waals surface area contributed by atoms with Crippen molar-refractivity contribution in [3.63, 3.8) is 0 Å². The van der Waals surface area contributed by atoms with Crippen LogP contribution in [0.3, 0.4) is 0 Å². The highest BCUT2D eigenvalue weighted by Gasteiger charge is 2.09. The summed E-state index contributed by atoms with van der Waals surface area (Å²) in [4.78, 5) is 1.10. The molecule has 0 saturated heterocycles. The summed E-state index contributed by atoms with van der Waals surface area (Å²) in [5.74, 6) is 0. The summed E-state index contributed by atoms with van der Waals surface area (Å²) in [6.07, 6.45) is 2.22. The lowest BCUT2D eigenvalue weighted by Crippen LogP contribution is -2.27. The van der Waals surface area contributed by atoms with Gasteiger partial charge in [-0.25, -0.2) is 13.1 Å². The first-order chi connectivity index (χ1) is 7.42. The Morgan fingerprint density at radius 3 is 2.38 bits per heavy atom.